The SMILES string of the molecule is COC(=O)C1=C(CN2CCC[C@@H](C)C2)NC(=O)N[C@@H]1c1ccc(C)cc1. The van der Waals surface area contributed by atoms with Gasteiger partial charge in [0.25, 0.3) is 0 Å². The van der Waals surface area contributed by atoms with E-state index in [0.717, 1.165) is 30.6 Å². The molecule has 0 radical (unpaired) electrons. The smallest absolute Gasteiger partial charge is 0.338 e. The third kappa shape index (κ3) is 4.07. The number of esters is 1. The van der Waals surface area contributed by atoms with Gasteiger partial charge in [0.2, 0.25) is 0 Å². The van der Waals surface area contributed by atoms with Gasteiger partial charge in [-0.2, -0.15) is 0 Å². The third-order valence-corrected chi connectivity index (χ3v) is 5.09. The van der Waals surface area contributed by atoms with Crippen molar-refractivity contribution >= 4 is 12.0 Å². The number of amides is 2. The minimum Gasteiger partial charge on any atom is -0.466 e. The predicted molar refractivity (Wildman–Crippen MR) is 99.5 cm³/mol. The summed E-state index contributed by atoms with van der Waals surface area (Å²) in [4.78, 5) is 27.1. The lowest BCUT2D eigenvalue weighted by Crippen LogP contribution is -2.49. The van der Waals surface area contributed by atoms with E-state index in [4.69, 9.17) is 4.74 Å². The molecular weight excluding hydrogens is 330 g/mol. The molecule has 26 heavy (non-hydrogen) atoms. The average Bonchev–Trinajstić information content (AvgIpc) is 2.61. The monoisotopic (exact) mass is 357 g/mol. The van der Waals surface area contributed by atoms with Crippen LogP contribution in [0.5, 0.6) is 0 Å². The van der Waals surface area contributed by atoms with Crippen molar-refractivity contribution in [1.29, 1.82) is 0 Å². The Labute approximate surface area is 154 Å². The van der Waals surface area contributed by atoms with E-state index >= 15 is 0 Å². The van der Waals surface area contributed by atoms with Crippen LogP contribution in [0.4, 0.5) is 4.79 Å². The Morgan fingerprint density at radius 3 is 2.69 bits per heavy atom. The first-order valence-corrected chi connectivity index (χ1v) is 9.15. The second-order valence-electron chi connectivity index (χ2n) is 7.31. The van der Waals surface area contributed by atoms with E-state index in [0.29, 0.717) is 23.7 Å². The molecule has 140 valence electrons. The maximum atomic E-state index is 12.6. The van der Waals surface area contributed by atoms with Crippen LogP contribution in [0.3, 0.4) is 0 Å². The van der Waals surface area contributed by atoms with Crippen molar-refractivity contribution in [3.05, 3.63) is 46.7 Å². The molecule has 0 aromatic heterocycles. The van der Waals surface area contributed by atoms with Gasteiger partial charge in [-0.1, -0.05) is 36.8 Å². The molecule has 1 aromatic rings. The molecule has 0 spiro atoms. The number of benzene rings is 1. The zero-order valence-corrected chi connectivity index (χ0v) is 15.7. The van der Waals surface area contributed by atoms with Crippen molar-refractivity contribution in [2.24, 2.45) is 5.92 Å². The number of nitrogens with one attached hydrogen (secondary N) is 2. The molecule has 2 heterocycles. The summed E-state index contributed by atoms with van der Waals surface area (Å²) in [6, 6.07) is 7.04. The van der Waals surface area contributed by atoms with E-state index < -0.39 is 12.0 Å². The van der Waals surface area contributed by atoms with Crippen LogP contribution >= 0.6 is 0 Å². The molecule has 6 nitrogen and oxygen atoms in total. The van der Waals surface area contributed by atoms with Gasteiger partial charge in [0.15, 0.2) is 0 Å². The standard InChI is InChI=1S/C20H27N3O3/c1-13-6-8-15(9-7-13)18-17(19(24)26-3)16(21-20(25)22-18)12-23-10-4-5-14(2)11-23/h6-9,14,18H,4-5,10-12H2,1-3H3,(H2,21,22,25)/t14-,18-/m1/s1. The second-order valence-corrected chi connectivity index (χ2v) is 7.31. The number of urea groups is 1. The number of carbonyl (C=O) groups excluding carboxylic acids is 2. The van der Waals surface area contributed by atoms with Crippen LogP contribution < -0.4 is 10.6 Å². The maximum Gasteiger partial charge on any atom is 0.338 e. The topological polar surface area (TPSA) is 70.7 Å². The molecule has 2 aliphatic heterocycles. The lowest BCUT2D eigenvalue weighted by atomic mass is 9.93. The summed E-state index contributed by atoms with van der Waals surface area (Å²) < 4.78 is 5.03. The van der Waals surface area contributed by atoms with Crippen LogP contribution in [0, 0.1) is 12.8 Å². The molecule has 1 aromatic carbocycles. The van der Waals surface area contributed by atoms with Gasteiger partial charge < -0.3 is 15.4 Å². The van der Waals surface area contributed by atoms with Crippen molar-refractivity contribution in [1.82, 2.24) is 15.5 Å². The number of likely N-dealkylation sites (tertiary alicyclic amines) is 1. The highest BCUT2D eigenvalue weighted by Gasteiger charge is 2.34. The molecule has 0 aliphatic carbocycles. The zero-order chi connectivity index (χ0) is 18.7. The summed E-state index contributed by atoms with van der Waals surface area (Å²) in [5, 5.41) is 5.71. The van der Waals surface area contributed by atoms with E-state index in [1.54, 1.807) is 0 Å². The maximum absolute atomic E-state index is 12.6. The zero-order valence-electron chi connectivity index (χ0n) is 15.7. The molecule has 2 aliphatic rings. The van der Waals surface area contributed by atoms with Crippen LogP contribution in [-0.4, -0.2) is 43.6 Å². The molecular formula is C20H27N3O3. The fraction of sp³-hybridized carbons (Fsp3) is 0.500. The van der Waals surface area contributed by atoms with Gasteiger partial charge in [-0.15, -0.1) is 0 Å². The third-order valence-electron chi connectivity index (χ3n) is 5.09. The van der Waals surface area contributed by atoms with Crippen molar-refractivity contribution in [2.75, 3.05) is 26.7 Å². The Bertz CT molecular complexity index is 712. The molecule has 0 bridgehead atoms. The predicted octanol–water partition coefficient (Wildman–Crippen LogP) is 2.51. The lowest BCUT2D eigenvalue weighted by molar-refractivity contribution is -0.136. The summed E-state index contributed by atoms with van der Waals surface area (Å²) in [6.45, 7) is 6.73. The van der Waals surface area contributed by atoms with Gasteiger partial charge in [0.05, 0.1) is 18.7 Å². The minimum atomic E-state index is -0.506. The minimum absolute atomic E-state index is 0.289. The Kier molecular flexibility index (Phi) is 5.61. The molecule has 0 unspecified atom stereocenters. The van der Waals surface area contributed by atoms with Gasteiger partial charge in [-0.3, -0.25) is 4.90 Å². The molecule has 1 fully saturated rings. The number of hydrogen-bond acceptors (Lipinski definition) is 4. The average molecular weight is 357 g/mol. The fourth-order valence-electron chi connectivity index (χ4n) is 3.76. The van der Waals surface area contributed by atoms with Gasteiger partial charge in [0.1, 0.15) is 0 Å². The Morgan fingerprint density at radius 1 is 1.31 bits per heavy atom. The van der Waals surface area contributed by atoms with E-state index in [9.17, 15) is 9.59 Å². The van der Waals surface area contributed by atoms with Gasteiger partial charge >= 0.3 is 12.0 Å². The second kappa shape index (κ2) is 7.91. The number of nitrogens with zero attached hydrogens (tertiary/aromatic N) is 1. The summed E-state index contributed by atoms with van der Waals surface area (Å²) in [7, 11) is 1.37. The van der Waals surface area contributed by atoms with Crippen molar-refractivity contribution in [3.8, 4) is 0 Å². The highest BCUT2D eigenvalue weighted by atomic mass is 16.5. The number of methoxy groups -OCH3 is 1. The summed E-state index contributed by atoms with van der Waals surface area (Å²) in [6.07, 6.45) is 2.36. The van der Waals surface area contributed by atoms with Crippen molar-refractivity contribution in [2.45, 2.75) is 32.7 Å². The number of ether oxygens (including phenoxy) is 1. The first kappa shape index (κ1) is 18.5. The molecule has 2 amide bonds. The number of carbonyl (C=O) groups is 2. The van der Waals surface area contributed by atoms with Crippen molar-refractivity contribution in [3.63, 3.8) is 0 Å². The highest BCUT2D eigenvalue weighted by molar-refractivity contribution is 5.95. The van der Waals surface area contributed by atoms with Crippen LogP contribution in [0.15, 0.2) is 35.5 Å². The quantitative estimate of drug-likeness (QED) is 0.813. The van der Waals surface area contributed by atoms with Crippen LogP contribution in [0.1, 0.15) is 36.9 Å². The van der Waals surface area contributed by atoms with Crippen molar-refractivity contribution < 1.29 is 14.3 Å². The van der Waals surface area contributed by atoms with E-state index in [2.05, 4.69) is 22.5 Å². The first-order chi connectivity index (χ1) is 12.5. The number of piperidine rings is 1. The Balaban J connectivity index is 1.95. The fourth-order valence-corrected chi connectivity index (χ4v) is 3.76. The van der Waals surface area contributed by atoms with E-state index in [1.807, 2.05) is 31.2 Å². The van der Waals surface area contributed by atoms with Crippen LogP contribution in [0.25, 0.3) is 0 Å². The lowest BCUT2D eigenvalue weighted by Gasteiger charge is -2.35. The first-order valence-electron chi connectivity index (χ1n) is 9.15. The molecule has 1 saturated heterocycles. The summed E-state index contributed by atoms with van der Waals surface area (Å²) in [5.74, 6) is 0.208. The number of hydrogen-bond donors (Lipinski definition) is 2. The number of aryl methyl sites for hydroxylation is 1. The van der Waals surface area contributed by atoms with Crippen LogP contribution in [0.2, 0.25) is 0 Å². The molecule has 6 heteroatoms. The molecule has 3 rings (SSSR count). The van der Waals surface area contributed by atoms with E-state index in [-0.39, 0.29) is 6.03 Å². The molecule has 2 atom stereocenters. The largest absolute Gasteiger partial charge is 0.466 e. The highest BCUT2D eigenvalue weighted by Crippen LogP contribution is 2.29. The van der Waals surface area contributed by atoms with Crippen LogP contribution in [-0.2, 0) is 9.53 Å². The van der Waals surface area contributed by atoms with Gasteiger partial charge in [-0.25, -0.2) is 9.59 Å². The summed E-state index contributed by atoms with van der Waals surface area (Å²) >= 11 is 0. The van der Waals surface area contributed by atoms with Gasteiger partial charge in [-0.05, 0) is 37.8 Å². The molecule has 0 saturated carbocycles. The summed E-state index contributed by atoms with van der Waals surface area (Å²) in [5.41, 5.74) is 3.12. The number of rotatable bonds is 4. The normalized spacial score (nSPS) is 24.0. The Morgan fingerprint density at radius 2 is 2.04 bits per heavy atom. The van der Waals surface area contributed by atoms with E-state index in [1.165, 1.54) is 13.5 Å². The van der Waals surface area contributed by atoms with Gasteiger partial charge in [0, 0.05) is 18.8 Å². The Hall–Kier alpha value is -2.34. The molecule has 2 N–H and O–H groups in total.